The fraction of sp³-hybridized carbons (Fsp3) is 0.846. The number of hydrogen-bond acceptors (Lipinski definition) is 6. The summed E-state index contributed by atoms with van der Waals surface area (Å²) in [6.07, 6.45) is 12.9. The molecule has 0 unspecified atom stereocenters. The first kappa shape index (κ1) is 31.3. The van der Waals surface area contributed by atoms with Gasteiger partial charge in [0, 0.05) is 38.3 Å². The predicted octanol–water partition coefficient (Wildman–Crippen LogP) is 3.26. The van der Waals surface area contributed by atoms with Gasteiger partial charge in [-0.15, -0.1) is 0 Å². The molecule has 2 aliphatic carbocycles. The number of ether oxygens (including phenoxy) is 2. The highest BCUT2D eigenvalue weighted by atomic mass is 16.6. The number of hydrogen-bond donors (Lipinski definition) is 6. The van der Waals surface area contributed by atoms with Crippen LogP contribution >= 0.6 is 0 Å². The molecule has 12 nitrogen and oxygen atoms in total. The lowest BCUT2D eigenvalue weighted by Crippen LogP contribution is -2.39. The Morgan fingerprint density at radius 2 is 0.842 bits per heavy atom. The van der Waals surface area contributed by atoms with Crippen LogP contribution < -0.4 is 31.9 Å². The number of urea groups is 2. The molecule has 218 valence electrons. The normalized spacial score (nSPS) is 16.1. The van der Waals surface area contributed by atoms with Crippen molar-refractivity contribution in [3.8, 4) is 0 Å². The van der Waals surface area contributed by atoms with Crippen molar-refractivity contribution in [3.63, 3.8) is 0 Å². The molecular weight excluding hydrogens is 492 g/mol. The monoisotopic (exact) mass is 540 g/mol. The van der Waals surface area contributed by atoms with Gasteiger partial charge in [-0.25, -0.2) is 19.2 Å². The molecule has 0 saturated heterocycles. The van der Waals surface area contributed by atoms with Crippen LogP contribution in [0.15, 0.2) is 0 Å². The third-order valence-corrected chi connectivity index (χ3v) is 6.71. The quantitative estimate of drug-likeness (QED) is 0.175. The Morgan fingerprint density at radius 1 is 0.500 bits per heavy atom. The van der Waals surface area contributed by atoms with Gasteiger partial charge in [-0.3, -0.25) is 0 Å². The summed E-state index contributed by atoms with van der Waals surface area (Å²) >= 11 is 0. The Kier molecular flexibility index (Phi) is 16.6. The summed E-state index contributed by atoms with van der Waals surface area (Å²) < 4.78 is 10.3. The van der Waals surface area contributed by atoms with Crippen LogP contribution in [0.3, 0.4) is 0 Å². The second-order valence-electron chi connectivity index (χ2n) is 10.0. The summed E-state index contributed by atoms with van der Waals surface area (Å²) in [5.41, 5.74) is 0. The van der Waals surface area contributed by atoms with Crippen molar-refractivity contribution in [2.24, 2.45) is 0 Å². The molecule has 6 amide bonds. The zero-order valence-electron chi connectivity index (χ0n) is 22.7. The molecule has 0 atom stereocenters. The summed E-state index contributed by atoms with van der Waals surface area (Å²) in [4.78, 5) is 47.1. The standard InChI is InChI=1S/C26H48N6O6/c33-23(29-17-9-19-37-25(35)31-21-11-3-1-4-12-21)27-15-7-8-16-28-24(34)30-18-10-20-38-26(36)32-22-13-5-2-6-14-22/h21-22H,1-20H2,(H,31,35)(H,32,36)(H2,27,29,33)(H2,28,30,34). The average molecular weight is 541 g/mol. The number of amides is 6. The molecule has 0 aromatic carbocycles. The maximum Gasteiger partial charge on any atom is 0.407 e. The predicted molar refractivity (Wildman–Crippen MR) is 144 cm³/mol. The molecule has 2 aliphatic rings. The fourth-order valence-electron chi connectivity index (χ4n) is 4.57. The van der Waals surface area contributed by atoms with E-state index in [-0.39, 0.29) is 49.5 Å². The topological polar surface area (TPSA) is 159 Å². The van der Waals surface area contributed by atoms with E-state index in [9.17, 15) is 19.2 Å². The minimum atomic E-state index is -0.383. The van der Waals surface area contributed by atoms with Crippen molar-refractivity contribution in [3.05, 3.63) is 0 Å². The number of alkyl carbamates (subject to hydrolysis) is 2. The van der Waals surface area contributed by atoms with Crippen LogP contribution in [0.25, 0.3) is 0 Å². The maximum atomic E-state index is 11.8. The molecule has 2 fully saturated rings. The van der Waals surface area contributed by atoms with E-state index in [4.69, 9.17) is 9.47 Å². The first-order chi connectivity index (χ1) is 18.5. The summed E-state index contributed by atoms with van der Waals surface area (Å²) in [6, 6.07) is -0.0869. The van der Waals surface area contributed by atoms with Crippen molar-refractivity contribution in [2.75, 3.05) is 39.4 Å². The number of nitrogens with one attached hydrogen (secondary N) is 6. The smallest absolute Gasteiger partial charge is 0.407 e. The van der Waals surface area contributed by atoms with E-state index in [2.05, 4.69) is 31.9 Å². The number of carbonyl (C=O) groups excluding carboxylic acids is 4. The Morgan fingerprint density at radius 3 is 1.21 bits per heavy atom. The van der Waals surface area contributed by atoms with Gasteiger partial charge in [0.25, 0.3) is 0 Å². The van der Waals surface area contributed by atoms with Gasteiger partial charge in [-0.1, -0.05) is 38.5 Å². The minimum absolute atomic E-state index is 0.223. The molecule has 0 radical (unpaired) electrons. The molecule has 0 spiro atoms. The summed E-state index contributed by atoms with van der Waals surface area (Å²) in [6.45, 7) is 2.34. The molecule has 0 aliphatic heterocycles. The van der Waals surface area contributed by atoms with Crippen LogP contribution in [0.4, 0.5) is 19.2 Å². The number of unbranched alkanes of at least 4 members (excludes halogenated alkanes) is 1. The molecule has 0 aromatic heterocycles. The van der Waals surface area contributed by atoms with Crippen LogP contribution in [0.2, 0.25) is 0 Å². The van der Waals surface area contributed by atoms with Crippen molar-refractivity contribution >= 4 is 24.2 Å². The SMILES string of the molecule is O=C(NCCCCNC(=O)NCCCOC(=O)NC1CCCCC1)NCCCOC(=O)NC1CCCCC1. The molecule has 6 N–H and O–H groups in total. The Bertz CT molecular complexity index is 640. The summed E-state index contributed by atoms with van der Waals surface area (Å²) in [7, 11) is 0. The zero-order chi connectivity index (χ0) is 27.3. The Balaban J connectivity index is 1.31. The second-order valence-corrected chi connectivity index (χ2v) is 10.0. The lowest BCUT2D eigenvalue weighted by Gasteiger charge is -2.22. The molecule has 12 heteroatoms. The van der Waals surface area contributed by atoms with Gasteiger partial charge in [0.1, 0.15) is 0 Å². The van der Waals surface area contributed by atoms with E-state index >= 15 is 0 Å². The molecule has 38 heavy (non-hydrogen) atoms. The van der Waals surface area contributed by atoms with Gasteiger partial charge >= 0.3 is 24.2 Å². The third-order valence-electron chi connectivity index (χ3n) is 6.71. The van der Waals surface area contributed by atoms with Crippen molar-refractivity contribution in [1.29, 1.82) is 0 Å². The van der Waals surface area contributed by atoms with Gasteiger partial charge in [-0.2, -0.15) is 0 Å². The van der Waals surface area contributed by atoms with E-state index < -0.39 is 0 Å². The summed E-state index contributed by atoms with van der Waals surface area (Å²) in [5.74, 6) is 0. The van der Waals surface area contributed by atoms with Crippen molar-refractivity contribution < 1.29 is 28.7 Å². The molecular formula is C26H48N6O6. The first-order valence-corrected chi connectivity index (χ1v) is 14.4. The fourth-order valence-corrected chi connectivity index (χ4v) is 4.57. The molecule has 0 bridgehead atoms. The van der Waals surface area contributed by atoms with Crippen LogP contribution in [0, 0.1) is 0 Å². The van der Waals surface area contributed by atoms with Crippen molar-refractivity contribution in [2.45, 2.75) is 102 Å². The van der Waals surface area contributed by atoms with Crippen molar-refractivity contribution in [1.82, 2.24) is 31.9 Å². The van der Waals surface area contributed by atoms with Gasteiger partial charge in [0.15, 0.2) is 0 Å². The van der Waals surface area contributed by atoms with E-state index in [1.54, 1.807) is 0 Å². The van der Waals surface area contributed by atoms with E-state index in [0.29, 0.717) is 39.0 Å². The van der Waals surface area contributed by atoms with Crippen LogP contribution in [-0.4, -0.2) is 75.7 Å². The van der Waals surface area contributed by atoms with Crippen LogP contribution in [-0.2, 0) is 9.47 Å². The van der Waals surface area contributed by atoms with Crippen LogP contribution in [0.1, 0.15) is 89.9 Å². The first-order valence-electron chi connectivity index (χ1n) is 14.4. The minimum Gasteiger partial charge on any atom is -0.449 e. The van der Waals surface area contributed by atoms with Gasteiger partial charge in [0.05, 0.1) is 13.2 Å². The molecule has 0 heterocycles. The Labute approximate surface area is 226 Å². The molecule has 2 saturated carbocycles. The highest BCUT2D eigenvalue weighted by molar-refractivity contribution is 5.74. The van der Waals surface area contributed by atoms with Gasteiger partial charge < -0.3 is 41.4 Å². The highest BCUT2D eigenvalue weighted by Crippen LogP contribution is 2.18. The van der Waals surface area contributed by atoms with E-state index in [1.165, 1.54) is 12.8 Å². The lowest BCUT2D eigenvalue weighted by molar-refractivity contribution is 0.137. The largest absolute Gasteiger partial charge is 0.449 e. The second kappa shape index (κ2) is 20.1. The molecule has 0 aromatic rings. The maximum absolute atomic E-state index is 11.8. The third kappa shape index (κ3) is 16.0. The number of rotatable bonds is 15. The highest BCUT2D eigenvalue weighted by Gasteiger charge is 2.17. The lowest BCUT2D eigenvalue weighted by atomic mass is 9.96. The Hall–Kier alpha value is -2.92. The van der Waals surface area contributed by atoms with Crippen LogP contribution in [0.5, 0.6) is 0 Å². The zero-order valence-corrected chi connectivity index (χ0v) is 22.7. The molecule has 2 rings (SSSR count). The average Bonchev–Trinajstić information content (AvgIpc) is 2.91. The van der Waals surface area contributed by atoms with Gasteiger partial charge in [0.2, 0.25) is 0 Å². The van der Waals surface area contributed by atoms with E-state index in [1.807, 2.05) is 0 Å². The van der Waals surface area contributed by atoms with Gasteiger partial charge in [-0.05, 0) is 51.4 Å². The summed E-state index contributed by atoms with van der Waals surface area (Å²) in [5, 5.41) is 16.8. The number of carbonyl (C=O) groups is 4. The van der Waals surface area contributed by atoms with E-state index in [0.717, 1.165) is 64.2 Å².